The first kappa shape index (κ1) is 45.3. The van der Waals surface area contributed by atoms with Crippen molar-refractivity contribution in [2.75, 3.05) is 11.4 Å². The summed E-state index contributed by atoms with van der Waals surface area (Å²) in [6.45, 7) is 0.957. The van der Waals surface area contributed by atoms with Crippen molar-refractivity contribution in [3.8, 4) is 0 Å². The summed E-state index contributed by atoms with van der Waals surface area (Å²) in [6, 6.07) is 23.2. The molecule has 1 aliphatic rings. The maximum absolute atomic E-state index is 12.4. The highest BCUT2D eigenvalue weighted by Crippen LogP contribution is 2.29. The Hall–Kier alpha value is -6.83. The van der Waals surface area contributed by atoms with Gasteiger partial charge in [0.25, 0.3) is 5.91 Å². The van der Waals surface area contributed by atoms with Gasteiger partial charge in [0.05, 0.1) is 6.42 Å². The van der Waals surface area contributed by atoms with Crippen LogP contribution >= 0.6 is 0 Å². The smallest absolute Gasteiger partial charge is 0.479 e. The minimum absolute atomic E-state index is 0.00312. The number of hydrogen-bond donors (Lipinski definition) is 6. The number of hydrogen-bond acceptors (Lipinski definition) is 8. The van der Waals surface area contributed by atoms with Gasteiger partial charge >= 0.3 is 30.3 Å². The van der Waals surface area contributed by atoms with Crippen LogP contribution in [0.2, 0.25) is 0 Å². The Morgan fingerprint density at radius 2 is 1.36 bits per heavy atom. The summed E-state index contributed by atoms with van der Waals surface area (Å²) in [5, 5.41) is 26.1. The SMILES string of the molecule is NC(=O)c1ccc2c(c1)N(C(=O)Cc1cccnc1)CC2.NCc1cccc(C(=O)N[C@@H](C(=O)O)c2ccccc2)c1.O=C(O)C(F)(F)F.O=C(O)C(F)(F)F. The van der Waals surface area contributed by atoms with Crippen LogP contribution in [-0.2, 0) is 38.6 Å². The Labute approximate surface area is 313 Å². The van der Waals surface area contributed by atoms with Gasteiger partial charge in [-0.2, -0.15) is 26.3 Å². The van der Waals surface area contributed by atoms with Gasteiger partial charge in [-0.15, -0.1) is 0 Å². The lowest BCUT2D eigenvalue weighted by molar-refractivity contribution is -0.193. The van der Waals surface area contributed by atoms with Crippen molar-refractivity contribution in [3.05, 3.63) is 131 Å². The number of nitrogens with one attached hydrogen (secondary N) is 1. The van der Waals surface area contributed by atoms with Crippen molar-refractivity contribution in [2.24, 2.45) is 11.5 Å². The molecule has 4 aromatic rings. The Morgan fingerprint density at radius 1 is 0.768 bits per heavy atom. The number of aromatic nitrogens is 1. The minimum atomic E-state index is -5.08. The molecule has 14 nitrogen and oxygen atoms in total. The Bertz CT molecular complexity index is 1970. The summed E-state index contributed by atoms with van der Waals surface area (Å²) in [5.41, 5.74) is 15.7. The molecular weight excluding hydrogens is 760 g/mol. The van der Waals surface area contributed by atoms with Gasteiger partial charge < -0.3 is 37.0 Å². The topological polar surface area (TPSA) is 243 Å². The van der Waals surface area contributed by atoms with Crippen LogP contribution in [0, 0.1) is 0 Å². The van der Waals surface area contributed by atoms with E-state index in [2.05, 4.69) is 10.3 Å². The third kappa shape index (κ3) is 14.5. The van der Waals surface area contributed by atoms with E-state index in [-0.39, 0.29) is 5.91 Å². The van der Waals surface area contributed by atoms with Crippen LogP contribution in [0.3, 0.4) is 0 Å². The zero-order chi connectivity index (χ0) is 42.2. The van der Waals surface area contributed by atoms with Crippen molar-refractivity contribution < 1.29 is 70.4 Å². The molecule has 3 amide bonds. The summed E-state index contributed by atoms with van der Waals surface area (Å²) in [7, 11) is 0. The van der Waals surface area contributed by atoms with E-state index in [1.165, 1.54) is 0 Å². The Balaban J connectivity index is 0.000000291. The van der Waals surface area contributed by atoms with Crippen LogP contribution in [0.25, 0.3) is 0 Å². The number of carbonyl (C=O) groups excluding carboxylic acids is 3. The van der Waals surface area contributed by atoms with Gasteiger partial charge in [-0.3, -0.25) is 19.4 Å². The van der Waals surface area contributed by atoms with Crippen LogP contribution in [0.4, 0.5) is 32.0 Å². The minimum Gasteiger partial charge on any atom is -0.479 e. The molecule has 0 saturated carbocycles. The van der Waals surface area contributed by atoms with Crippen molar-refractivity contribution in [1.82, 2.24) is 10.3 Å². The lowest BCUT2D eigenvalue weighted by Gasteiger charge is -2.17. The highest BCUT2D eigenvalue weighted by atomic mass is 19.4. The number of fused-ring (bicyclic) bond motifs is 1. The molecule has 3 aromatic carbocycles. The fourth-order valence-corrected chi connectivity index (χ4v) is 4.55. The van der Waals surface area contributed by atoms with Gasteiger partial charge in [-0.25, -0.2) is 14.4 Å². The molecule has 56 heavy (non-hydrogen) atoms. The largest absolute Gasteiger partial charge is 0.490 e. The second-order valence-electron chi connectivity index (χ2n) is 11.2. The molecule has 298 valence electrons. The van der Waals surface area contributed by atoms with Gasteiger partial charge in [-0.1, -0.05) is 54.6 Å². The van der Waals surface area contributed by atoms with E-state index in [9.17, 15) is 50.6 Å². The predicted octanol–water partition coefficient (Wildman–Crippen LogP) is 4.28. The van der Waals surface area contributed by atoms with Crippen molar-refractivity contribution in [2.45, 2.75) is 37.8 Å². The molecule has 1 aliphatic heterocycles. The fraction of sp³-hybridized carbons (Fsp3) is 0.194. The van der Waals surface area contributed by atoms with E-state index in [1.54, 1.807) is 78.0 Å². The lowest BCUT2D eigenvalue weighted by atomic mass is 10.1. The number of carboxylic acid groups (broad SMARTS) is 3. The number of benzene rings is 3. The summed E-state index contributed by atoms with van der Waals surface area (Å²) in [4.78, 5) is 70.8. The van der Waals surface area contributed by atoms with Crippen molar-refractivity contribution in [1.29, 1.82) is 0 Å². The normalized spacial score (nSPS) is 12.1. The number of halogens is 6. The maximum Gasteiger partial charge on any atom is 0.490 e. The molecule has 1 aromatic heterocycles. The zero-order valence-electron chi connectivity index (χ0n) is 28.8. The number of carbonyl (C=O) groups is 6. The van der Waals surface area contributed by atoms with Crippen LogP contribution in [0.15, 0.2) is 97.3 Å². The van der Waals surface area contributed by atoms with Crippen molar-refractivity contribution in [3.63, 3.8) is 0 Å². The fourth-order valence-electron chi connectivity index (χ4n) is 4.55. The highest BCUT2D eigenvalue weighted by Gasteiger charge is 2.39. The molecule has 8 N–H and O–H groups in total. The summed E-state index contributed by atoms with van der Waals surface area (Å²) >= 11 is 0. The zero-order valence-corrected chi connectivity index (χ0v) is 28.8. The third-order valence-corrected chi connectivity index (χ3v) is 7.21. The number of primary amides is 1. The Kier molecular flexibility index (Phi) is 16.7. The van der Waals surface area contributed by atoms with E-state index >= 15 is 0 Å². The van der Waals surface area contributed by atoms with Crippen molar-refractivity contribution >= 4 is 41.3 Å². The second kappa shape index (κ2) is 20.6. The molecule has 20 heteroatoms. The summed E-state index contributed by atoms with van der Waals surface area (Å²) in [5.74, 6) is -7.54. The molecule has 0 bridgehead atoms. The van der Waals surface area contributed by atoms with E-state index in [1.807, 2.05) is 24.3 Å². The van der Waals surface area contributed by atoms with Crippen LogP contribution in [-0.4, -0.2) is 74.8 Å². The lowest BCUT2D eigenvalue weighted by Crippen LogP contribution is -2.33. The quantitative estimate of drug-likeness (QED) is 0.138. The molecule has 0 aliphatic carbocycles. The van der Waals surface area contributed by atoms with E-state index < -0.39 is 48.1 Å². The number of alkyl halides is 6. The van der Waals surface area contributed by atoms with Gasteiger partial charge in [0.15, 0.2) is 6.04 Å². The first-order valence-corrected chi connectivity index (χ1v) is 15.8. The monoisotopic (exact) mass is 793 g/mol. The average molecular weight is 794 g/mol. The van der Waals surface area contributed by atoms with Crippen LogP contribution in [0.1, 0.15) is 49.0 Å². The number of nitrogens with two attached hydrogens (primary N) is 2. The standard InChI is InChI=1S/C16H15N3O2.C16H16N2O3.2C2HF3O2/c17-16(21)13-4-3-12-5-7-19(14(12)9-13)15(20)8-11-2-1-6-18-10-11;17-10-11-5-4-8-13(9-11)15(19)18-14(16(20)21)12-6-2-1-3-7-12;2*3-2(4,5)1(6)7/h1-4,6,9-10H,5,7-8H2,(H2,17,21);1-9,14H,10,17H2,(H,18,19)(H,20,21);2*(H,6,7)/t;14-;;/m.1../s1. The van der Waals surface area contributed by atoms with E-state index in [0.29, 0.717) is 36.2 Å². The third-order valence-electron chi connectivity index (χ3n) is 7.21. The molecule has 0 saturated heterocycles. The maximum atomic E-state index is 12.4. The average Bonchev–Trinajstić information content (AvgIpc) is 3.58. The number of carboxylic acids is 3. The molecule has 0 unspecified atom stereocenters. The Morgan fingerprint density at radius 3 is 1.86 bits per heavy atom. The number of rotatable bonds is 8. The van der Waals surface area contributed by atoms with Gasteiger partial charge in [0.2, 0.25) is 11.8 Å². The van der Waals surface area contributed by atoms with E-state index in [4.69, 9.17) is 31.3 Å². The number of nitrogens with zero attached hydrogens (tertiary/aromatic N) is 2. The van der Waals surface area contributed by atoms with Gasteiger partial charge in [-0.05, 0) is 59.0 Å². The molecule has 0 spiro atoms. The molecule has 5 rings (SSSR count). The van der Waals surface area contributed by atoms with Gasteiger partial charge in [0, 0.05) is 42.3 Å². The first-order chi connectivity index (χ1) is 26.1. The van der Waals surface area contributed by atoms with Crippen LogP contribution < -0.4 is 21.7 Å². The molecular formula is C36H33F6N5O9. The van der Waals surface area contributed by atoms with E-state index in [0.717, 1.165) is 28.8 Å². The van der Waals surface area contributed by atoms with Gasteiger partial charge in [0.1, 0.15) is 0 Å². The molecule has 1 atom stereocenters. The number of aliphatic carboxylic acids is 3. The number of pyridine rings is 1. The highest BCUT2D eigenvalue weighted by molar-refractivity contribution is 6.00. The number of anilines is 1. The molecule has 0 fully saturated rings. The predicted molar refractivity (Wildman–Crippen MR) is 185 cm³/mol. The second-order valence-corrected chi connectivity index (χ2v) is 11.2. The first-order valence-electron chi connectivity index (χ1n) is 15.8. The number of amides is 3. The summed E-state index contributed by atoms with van der Waals surface area (Å²) in [6.07, 6.45) is -5.70. The molecule has 2 heterocycles. The van der Waals surface area contributed by atoms with Crippen LogP contribution in [0.5, 0.6) is 0 Å². The summed E-state index contributed by atoms with van der Waals surface area (Å²) < 4.78 is 63.5. The molecule has 0 radical (unpaired) electrons.